The third kappa shape index (κ3) is 5.75. The van der Waals surface area contributed by atoms with E-state index in [0.717, 1.165) is 62.3 Å². The van der Waals surface area contributed by atoms with Crippen molar-refractivity contribution in [3.05, 3.63) is 93.6 Å². The van der Waals surface area contributed by atoms with E-state index in [0.29, 0.717) is 12.5 Å². The molecule has 0 bridgehead atoms. The highest BCUT2D eigenvalue weighted by molar-refractivity contribution is 7.10. The van der Waals surface area contributed by atoms with Crippen molar-refractivity contribution in [1.82, 2.24) is 19.9 Å². The number of nitrogens with zero attached hydrogens (tertiary/aromatic N) is 3. The van der Waals surface area contributed by atoms with Crippen LogP contribution in [-0.2, 0) is 11.3 Å². The number of rotatable bonds is 10. The lowest BCUT2D eigenvalue weighted by Gasteiger charge is -2.22. The van der Waals surface area contributed by atoms with Gasteiger partial charge < -0.3 is 15.0 Å². The van der Waals surface area contributed by atoms with Gasteiger partial charge in [0.05, 0.1) is 29.8 Å². The third-order valence-corrected chi connectivity index (χ3v) is 8.35. The van der Waals surface area contributed by atoms with Gasteiger partial charge in [0.15, 0.2) is 0 Å². The van der Waals surface area contributed by atoms with Crippen LogP contribution < -0.4 is 5.32 Å². The van der Waals surface area contributed by atoms with Gasteiger partial charge in [-0.15, -0.1) is 11.3 Å². The van der Waals surface area contributed by atoms with E-state index in [4.69, 9.17) is 4.98 Å². The third-order valence-electron chi connectivity index (χ3n) is 7.36. The number of nitrogens with one attached hydrogen (secondary N) is 1. The lowest BCUT2D eigenvalue weighted by molar-refractivity contribution is -0.123. The average molecular weight is 541 g/mol. The van der Waals surface area contributed by atoms with E-state index >= 15 is 0 Å². The summed E-state index contributed by atoms with van der Waals surface area (Å²) < 4.78 is 2.26. The number of aliphatic hydroxyl groups is 1. The molecule has 0 aliphatic heterocycles. The van der Waals surface area contributed by atoms with Crippen LogP contribution in [-0.4, -0.2) is 32.2 Å². The lowest BCUT2D eigenvalue weighted by Crippen LogP contribution is -2.34. The molecule has 7 heteroatoms. The molecule has 0 saturated heterocycles. The molecule has 5 rings (SSSR count). The molecule has 5 aromatic rings. The molecule has 0 spiro atoms. The summed E-state index contributed by atoms with van der Waals surface area (Å²) in [5, 5.41) is 17.3. The molecule has 2 atom stereocenters. The monoisotopic (exact) mass is 540 g/mol. The van der Waals surface area contributed by atoms with Crippen LogP contribution in [0.5, 0.6) is 0 Å². The zero-order chi connectivity index (χ0) is 27.5. The Hall–Kier alpha value is -3.55. The van der Waals surface area contributed by atoms with Gasteiger partial charge in [0.2, 0.25) is 5.91 Å². The van der Waals surface area contributed by atoms with E-state index in [1.54, 1.807) is 11.3 Å². The molecule has 0 radical (unpaired) electrons. The number of aliphatic hydroxyl groups excluding tert-OH is 1. The number of amides is 1. The second-order valence-corrected chi connectivity index (χ2v) is 11.7. The first kappa shape index (κ1) is 27.0. The molecule has 3 heterocycles. The Morgan fingerprint density at radius 3 is 2.46 bits per heavy atom. The van der Waals surface area contributed by atoms with E-state index in [2.05, 4.69) is 77.2 Å². The molecular formula is C32H36N4O2S. The topological polar surface area (TPSA) is 80.0 Å². The molecule has 3 aromatic heterocycles. The van der Waals surface area contributed by atoms with Gasteiger partial charge in [-0.3, -0.25) is 4.79 Å². The fourth-order valence-corrected chi connectivity index (χ4v) is 6.12. The first-order chi connectivity index (χ1) is 18.9. The minimum atomic E-state index is -0.387. The van der Waals surface area contributed by atoms with Gasteiger partial charge in [0.1, 0.15) is 11.5 Å². The number of hydrogen-bond acceptors (Lipinski definition) is 5. The fraction of sp³-hybridized carbons (Fsp3) is 0.344. The summed E-state index contributed by atoms with van der Waals surface area (Å²) in [5.74, 6) is 0.944. The fourth-order valence-electron chi connectivity index (χ4n) is 5.36. The summed E-state index contributed by atoms with van der Waals surface area (Å²) in [7, 11) is 0. The number of para-hydroxylation sites is 1. The number of benzene rings is 2. The highest BCUT2D eigenvalue weighted by Gasteiger charge is 2.24. The first-order valence-electron chi connectivity index (χ1n) is 13.6. The number of carbonyl (C=O) groups is 1. The van der Waals surface area contributed by atoms with Crippen molar-refractivity contribution < 1.29 is 9.90 Å². The first-order valence-corrected chi connectivity index (χ1v) is 14.5. The summed E-state index contributed by atoms with van der Waals surface area (Å²) in [6, 6.07) is 20.3. The summed E-state index contributed by atoms with van der Waals surface area (Å²) in [6.07, 6.45) is 1.70. The van der Waals surface area contributed by atoms with Crippen LogP contribution in [0.2, 0.25) is 0 Å². The second-order valence-electron chi connectivity index (χ2n) is 10.7. The van der Waals surface area contributed by atoms with Crippen LogP contribution >= 0.6 is 11.3 Å². The molecule has 0 saturated carbocycles. The van der Waals surface area contributed by atoms with Gasteiger partial charge in [-0.25, -0.2) is 9.97 Å². The minimum Gasteiger partial charge on any atom is -0.394 e. The highest BCUT2D eigenvalue weighted by Crippen LogP contribution is 2.31. The Bertz CT molecular complexity index is 1570. The Balaban J connectivity index is 1.43. The smallest absolute Gasteiger partial charge is 0.228 e. The average Bonchev–Trinajstić information content (AvgIpc) is 3.55. The molecule has 2 aromatic carbocycles. The lowest BCUT2D eigenvalue weighted by atomic mass is 9.89. The number of carbonyl (C=O) groups excluding carboxylic acids is 1. The largest absolute Gasteiger partial charge is 0.394 e. The molecule has 39 heavy (non-hydrogen) atoms. The van der Waals surface area contributed by atoms with Gasteiger partial charge in [-0.1, -0.05) is 62.4 Å². The van der Waals surface area contributed by atoms with E-state index < -0.39 is 0 Å². The van der Waals surface area contributed by atoms with Crippen molar-refractivity contribution in [3.63, 3.8) is 0 Å². The molecule has 0 aliphatic carbocycles. The van der Waals surface area contributed by atoms with Gasteiger partial charge >= 0.3 is 0 Å². The summed E-state index contributed by atoms with van der Waals surface area (Å²) in [5.41, 5.74) is 5.21. The van der Waals surface area contributed by atoms with Crippen molar-refractivity contribution in [2.24, 2.45) is 5.92 Å². The summed E-state index contributed by atoms with van der Waals surface area (Å²) >= 11 is 1.54. The van der Waals surface area contributed by atoms with Gasteiger partial charge in [-0.2, -0.15) is 0 Å². The van der Waals surface area contributed by atoms with Crippen LogP contribution in [0, 0.1) is 19.8 Å². The Morgan fingerprint density at radius 1 is 1.00 bits per heavy atom. The van der Waals surface area contributed by atoms with Crippen molar-refractivity contribution >= 4 is 39.2 Å². The Labute approximate surface area is 233 Å². The summed E-state index contributed by atoms with van der Waals surface area (Å²) in [4.78, 5) is 23.9. The van der Waals surface area contributed by atoms with Crippen molar-refractivity contribution in [3.8, 4) is 0 Å². The van der Waals surface area contributed by atoms with Crippen LogP contribution in [0.15, 0.2) is 66.0 Å². The standard InChI is InChI=1S/C32H36N4O2S/c1-20(2)11-16-25(32(38)35-27(19-37)29-10-7-17-39-29)24-14-12-23(13-15-24)18-36-28-9-6-5-8-26(28)30-21(3)33-22(4)34-31(30)36/h5-10,12-15,17,20,25,27,37H,11,16,18-19H2,1-4H3,(H,35,38). The van der Waals surface area contributed by atoms with Gasteiger partial charge in [0, 0.05) is 22.2 Å². The van der Waals surface area contributed by atoms with Crippen LogP contribution in [0.3, 0.4) is 0 Å². The minimum absolute atomic E-state index is 0.0408. The number of thiophene rings is 1. The molecule has 0 fully saturated rings. The maximum absolute atomic E-state index is 13.5. The van der Waals surface area contributed by atoms with E-state index in [9.17, 15) is 9.90 Å². The summed E-state index contributed by atoms with van der Waals surface area (Å²) in [6.45, 7) is 8.89. The SMILES string of the molecule is Cc1nc(C)c2c3ccccc3n(Cc3ccc(C(CCC(C)C)C(=O)NC(CO)c4cccs4)cc3)c2n1. The zero-order valence-corrected chi connectivity index (χ0v) is 23.8. The zero-order valence-electron chi connectivity index (χ0n) is 23.0. The number of aryl methyl sites for hydroxylation is 2. The van der Waals surface area contributed by atoms with Crippen LogP contribution in [0.1, 0.15) is 66.2 Å². The highest BCUT2D eigenvalue weighted by atomic mass is 32.1. The second kappa shape index (κ2) is 11.7. The molecule has 1 amide bonds. The van der Waals surface area contributed by atoms with E-state index in [1.165, 1.54) is 0 Å². The normalized spacial score (nSPS) is 13.3. The van der Waals surface area contributed by atoms with Gasteiger partial charge in [0.25, 0.3) is 0 Å². The molecular weight excluding hydrogens is 504 g/mol. The van der Waals surface area contributed by atoms with Crippen LogP contribution in [0.25, 0.3) is 21.9 Å². The number of hydrogen-bond donors (Lipinski definition) is 2. The molecule has 0 aliphatic rings. The molecule has 2 unspecified atom stereocenters. The maximum atomic E-state index is 13.5. The van der Waals surface area contributed by atoms with E-state index in [-0.39, 0.29) is 24.5 Å². The molecule has 202 valence electrons. The number of fused-ring (bicyclic) bond motifs is 3. The Morgan fingerprint density at radius 2 is 1.77 bits per heavy atom. The molecule has 2 N–H and O–H groups in total. The molecule has 6 nitrogen and oxygen atoms in total. The predicted octanol–water partition coefficient (Wildman–Crippen LogP) is 6.68. The predicted molar refractivity (Wildman–Crippen MR) is 159 cm³/mol. The van der Waals surface area contributed by atoms with Crippen LogP contribution in [0.4, 0.5) is 0 Å². The quantitative estimate of drug-likeness (QED) is 0.207. The van der Waals surface area contributed by atoms with Gasteiger partial charge in [-0.05, 0) is 61.2 Å². The number of aromatic nitrogens is 3. The van der Waals surface area contributed by atoms with Crippen molar-refractivity contribution in [2.45, 2.75) is 59.0 Å². The maximum Gasteiger partial charge on any atom is 0.228 e. The Kier molecular flexibility index (Phi) is 8.10. The van der Waals surface area contributed by atoms with E-state index in [1.807, 2.05) is 31.4 Å². The van der Waals surface area contributed by atoms with Crippen molar-refractivity contribution in [2.75, 3.05) is 6.61 Å². The van der Waals surface area contributed by atoms with Crippen molar-refractivity contribution in [1.29, 1.82) is 0 Å².